The molecule has 1 atom stereocenters. The van der Waals surface area contributed by atoms with Gasteiger partial charge in [-0.15, -0.1) is 0 Å². The average molecular weight is 406 g/mol. The van der Waals surface area contributed by atoms with E-state index in [0.717, 1.165) is 29.9 Å². The number of carbonyl (C=O) groups excluding carboxylic acids is 3. The molecule has 2 aliphatic heterocycles. The van der Waals surface area contributed by atoms with Crippen LogP contribution in [0.25, 0.3) is 0 Å². The standard InChI is InChI=1S/C23H26N4O3/c1-2-25-17-8-6-15(7-9-17)12-24-13-16-4-3-5-18-19(16)14-27(23(18)30)20-10-11-21(28)26-22(20)29/h3-9,20,24-25H,2,10-14H2,1H3,(H,26,28,29). The highest BCUT2D eigenvalue weighted by Gasteiger charge is 2.39. The van der Waals surface area contributed by atoms with Crippen molar-refractivity contribution >= 4 is 23.4 Å². The maximum Gasteiger partial charge on any atom is 0.255 e. The molecule has 0 bridgehead atoms. The van der Waals surface area contributed by atoms with Crippen LogP contribution in [0, 0.1) is 0 Å². The predicted molar refractivity (Wildman–Crippen MR) is 114 cm³/mol. The summed E-state index contributed by atoms with van der Waals surface area (Å²) in [6, 6.07) is 13.4. The van der Waals surface area contributed by atoms with Gasteiger partial charge in [-0.25, -0.2) is 0 Å². The van der Waals surface area contributed by atoms with Crippen LogP contribution in [0.5, 0.6) is 0 Å². The molecule has 1 unspecified atom stereocenters. The molecule has 0 aromatic heterocycles. The third-order valence-corrected chi connectivity index (χ3v) is 5.66. The summed E-state index contributed by atoms with van der Waals surface area (Å²) in [5.74, 6) is -0.794. The van der Waals surface area contributed by atoms with Gasteiger partial charge in [-0.1, -0.05) is 24.3 Å². The number of fused-ring (bicyclic) bond motifs is 1. The topological polar surface area (TPSA) is 90.5 Å². The zero-order chi connectivity index (χ0) is 21.1. The molecule has 0 spiro atoms. The predicted octanol–water partition coefficient (Wildman–Crippen LogP) is 2.17. The Morgan fingerprint density at radius 3 is 2.60 bits per heavy atom. The van der Waals surface area contributed by atoms with Gasteiger partial charge in [-0.3, -0.25) is 19.7 Å². The molecule has 30 heavy (non-hydrogen) atoms. The lowest BCUT2D eigenvalue weighted by Crippen LogP contribution is -2.52. The number of imide groups is 1. The molecule has 2 aliphatic rings. The molecule has 0 aliphatic carbocycles. The van der Waals surface area contributed by atoms with Crippen molar-refractivity contribution in [2.24, 2.45) is 0 Å². The van der Waals surface area contributed by atoms with Crippen molar-refractivity contribution in [1.82, 2.24) is 15.5 Å². The summed E-state index contributed by atoms with van der Waals surface area (Å²) in [7, 11) is 0. The van der Waals surface area contributed by atoms with E-state index >= 15 is 0 Å². The number of hydrogen-bond donors (Lipinski definition) is 3. The highest BCUT2D eigenvalue weighted by atomic mass is 16.2. The molecule has 7 nitrogen and oxygen atoms in total. The van der Waals surface area contributed by atoms with E-state index in [4.69, 9.17) is 0 Å². The summed E-state index contributed by atoms with van der Waals surface area (Å²) in [6.07, 6.45) is 0.637. The highest BCUT2D eigenvalue weighted by Crippen LogP contribution is 2.29. The van der Waals surface area contributed by atoms with Gasteiger partial charge in [0, 0.05) is 43.9 Å². The van der Waals surface area contributed by atoms with E-state index in [1.807, 2.05) is 18.2 Å². The smallest absolute Gasteiger partial charge is 0.255 e. The van der Waals surface area contributed by atoms with Crippen LogP contribution in [0.2, 0.25) is 0 Å². The van der Waals surface area contributed by atoms with E-state index < -0.39 is 6.04 Å². The molecule has 2 aromatic rings. The summed E-state index contributed by atoms with van der Waals surface area (Å²) in [4.78, 5) is 38.1. The molecule has 3 N–H and O–H groups in total. The Hall–Kier alpha value is -3.19. The number of hydrogen-bond acceptors (Lipinski definition) is 5. The average Bonchev–Trinajstić information content (AvgIpc) is 3.07. The quantitative estimate of drug-likeness (QED) is 0.613. The van der Waals surface area contributed by atoms with Crippen LogP contribution in [0.4, 0.5) is 5.69 Å². The second kappa shape index (κ2) is 8.67. The Bertz CT molecular complexity index is 971. The Labute approximate surface area is 175 Å². The minimum atomic E-state index is -0.585. The fraction of sp³-hybridized carbons (Fsp3) is 0.348. The van der Waals surface area contributed by atoms with Crippen molar-refractivity contribution in [3.8, 4) is 0 Å². The summed E-state index contributed by atoms with van der Waals surface area (Å²) in [6.45, 7) is 4.72. The number of nitrogens with one attached hydrogen (secondary N) is 3. The molecular formula is C23H26N4O3. The van der Waals surface area contributed by atoms with Gasteiger partial charge >= 0.3 is 0 Å². The van der Waals surface area contributed by atoms with Crippen molar-refractivity contribution in [2.45, 2.75) is 45.4 Å². The zero-order valence-corrected chi connectivity index (χ0v) is 17.0. The maximum absolute atomic E-state index is 12.9. The van der Waals surface area contributed by atoms with Crippen LogP contribution in [0.3, 0.4) is 0 Å². The van der Waals surface area contributed by atoms with Gasteiger partial charge in [-0.05, 0) is 48.2 Å². The molecule has 1 saturated heterocycles. The lowest BCUT2D eigenvalue weighted by Gasteiger charge is -2.29. The number of carbonyl (C=O) groups is 3. The van der Waals surface area contributed by atoms with E-state index in [9.17, 15) is 14.4 Å². The Morgan fingerprint density at radius 2 is 1.87 bits per heavy atom. The first-order valence-electron chi connectivity index (χ1n) is 10.4. The summed E-state index contributed by atoms with van der Waals surface area (Å²) < 4.78 is 0. The van der Waals surface area contributed by atoms with Gasteiger partial charge < -0.3 is 15.5 Å². The molecule has 0 saturated carbocycles. The van der Waals surface area contributed by atoms with Gasteiger partial charge in [0.05, 0.1) is 0 Å². The van der Waals surface area contributed by atoms with Gasteiger partial charge in [0.15, 0.2) is 0 Å². The molecule has 3 amide bonds. The minimum absolute atomic E-state index is 0.139. The largest absolute Gasteiger partial charge is 0.385 e. The summed E-state index contributed by atoms with van der Waals surface area (Å²) in [5, 5.41) is 9.07. The third-order valence-electron chi connectivity index (χ3n) is 5.66. The van der Waals surface area contributed by atoms with Gasteiger partial charge in [0.25, 0.3) is 5.91 Å². The Morgan fingerprint density at radius 1 is 1.07 bits per heavy atom. The number of piperidine rings is 1. The molecule has 4 rings (SSSR count). The Balaban J connectivity index is 1.41. The number of benzene rings is 2. The van der Waals surface area contributed by atoms with Crippen molar-refractivity contribution in [3.63, 3.8) is 0 Å². The number of rotatable bonds is 7. The van der Waals surface area contributed by atoms with Crippen LogP contribution < -0.4 is 16.0 Å². The summed E-state index contributed by atoms with van der Waals surface area (Å²) >= 11 is 0. The van der Waals surface area contributed by atoms with E-state index in [2.05, 4.69) is 47.1 Å². The molecule has 7 heteroatoms. The molecule has 0 radical (unpaired) electrons. The lowest BCUT2D eigenvalue weighted by atomic mass is 10.0. The van der Waals surface area contributed by atoms with Crippen molar-refractivity contribution in [2.75, 3.05) is 11.9 Å². The fourth-order valence-corrected chi connectivity index (χ4v) is 4.10. The van der Waals surface area contributed by atoms with Gasteiger partial charge in [-0.2, -0.15) is 0 Å². The monoisotopic (exact) mass is 406 g/mol. The zero-order valence-electron chi connectivity index (χ0n) is 17.0. The van der Waals surface area contributed by atoms with Crippen molar-refractivity contribution in [1.29, 1.82) is 0 Å². The van der Waals surface area contributed by atoms with Crippen molar-refractivity contribution in [3.05, 3.63) is 64.7 Å². The molecular weight excluding hydrogens is 380 g/mol. The second-order valence-corrected chi connectivity index (χ2v) is 7.67. The molecule has 2 aromatic carbocycles. The molecule has 1 fully saturated rings. The van der Waals surface area contributed by atoms with E-state index in [1.165, 1.54) is 5.56 Å². The lowest BCUT2D eigenvalue weighted by molar-refractivity contribution is -0.136. The summed E-state index contributed by atoms with van der Waals surface area (Å²) in [5.41, 5.74) is 4.95. The van der Waals surface area contributed by atoms with Crippen LogP contribution in [0.15, 0.2) is 42.5 Å². The normalized spacial score (nSPS) is 18.4. The number of nitrogens with zero attached hydrogens (tertiary/aromatic N) is 1. The minimum Gasteiger partial charge on any atom is -0.385 e. The maximum atomic E-state index is 12.9. The van der Waals surface area contributed by atoms with Gasteiger partial charge in [0.2, 0.25) is 11.8 Å². The molecule has 156 valence electrons. The van der Waals surface area contributed by atoms with Crippen LogP contribution in [0.1, 0.15) is 46.8 Å². The fourth-order valence-electron chi connectivity index (χ4n) is 4.10. The first-order chi connectivity index (χ1) is 14.6. The van der Waals surface area contributed by atoms with Crippen LogP contribution >= 0.6 is 0 Å². The number of amides is 3. The third kappa shape index (κ3) is 4.07. The second-order valence-electron chi connectivity index (χ2n) is 7.67. The Kier molecular flexibility index (Phi) is 5.81. The first-order valence-corrected chi connectivity index (χ1v) is 10.4. The van der Waals surface area contributed by atoms with E-state index in [1.54, 1.807) is 4.90 Å². The number of anilines is 1. The SMILES string of the molecule is CCNc1ccc(CNCc2cccc3c2CN(C2CCC(=O)NC2=O)C3=O)cc1. The molecule has 2 heterocycles. The van der Waals surface area contributed by atoms with E-state index in [-0.39, 0.29) is 24.1 Å². The van der Waals surface area contributed by atoms with Crippen LogP contribution in [-0.4, -0.2) is 35.2 Å². The van der Waals surface area contributed by atoms with Gasteiger partial charge in [0.1, 0.15) is 6.04 Å². The van der Waals surface area contributed by atoms with Crippen LogP contribution in [-0.2, 0) is 29.2 Å². The first kappa shape index (κ1) is 20.1. The highest BCUT2D eigenvalue weighted by molar-refractivity contribution is 6.05. The van der Waals surface area contributed by atoms with Crippen molar-refractivity contribution < 1.29 is 14.4 Å². The van der Waals surface area contributed by atoms with E-state index in [0.29, 0.717) is 25.1 Å².